The first-order chi connectivity index (χ1) is 12.2. The molecule has 2 aliphatic rings. The number of halogens is 1. The molecule has 0 radical (unpaired) electrons. The van der Waals surface area contributed by atoms with Crippen LogP contribution in [0.15, 0.2) is 24.3 Å². The van der Waals surface area contributed by atoms with E-state index in [2.05, 4.69) is 15.4 Å². The number of benzene rings is 1. The second-order valence-corrected chi connectivity index (χ2v) is 7.09. The van der Waals surface area contributed by atoms with Gasteiger partial charge in [0.1, 0.15) is 12.4 Å². The molecule has 1 aromatic carbocycles. The second-order valence-electron chi connectivity index (χ2n) is 7.09. The Balaban J connectivity index is 1.40. The highest BCUT2D eigenvalue weighted by Crippen LogP contribution is 2.36. The Morgan fingerprint density at radius 3 is 2.88 bits per heavy atom. The van der Waals surface area contributed by atoms with Gasteiger partial charge in [0, 0.05) is 18.7 Å². The number of carbonyl (C=O) groups excluding carboxylic acids is 1. The molecule has 0 unspecified atom stereocenters. The molecule has 2 heterocycles. The number of hydrogen-bond donors (Lipinski definition) is 0. The number of rotatable bonds is 3. The van der Waals surface area contributed by atoms with E-state index in [-0.39, 0.29) is 18.3 Å². The van der Waals surface area contributed by atoms with Crippen LogP contribution in [0.2, 0.25) is 0 Å². The lowest BCUT2D eigenvalue weighted by Gasteiger charge is -2.41. The zero-order valence-electron chi connectivity index (χ0n) is 14.1. The van der Waals surface area contributed by atoms with E-state index in [1.165, 1.54) is 42.6 Å². The van der Waals surface area contributed by atoms with Crippen LogP contribution in [0.3, 0.4) is 0 Å². The summed E-state index contributed by atoms with van der Waals surface area (Å²) >= 11 is 0. The first kappa shape index (κ1) is 16.2. The predicted molar refractivity (Wildman–Crippen MR) is 89.9 cm³/mol. The maximum absolute atomic E-state index is 13.3. The number of amides is 1. The summed E-state index contributed by atoms with van der Waals surface area (Å²) in [7, 11) is 0. The average Bonchev–Trinajstić information content (AvgIpc) is 3.10. The first-order valence-electron chi connectivity index (χ1n) is 9.00. The second kappa shape index (κ2) is 6.90. The summed E-state index contributed by atoms with van der Waals surface area (Å²) in [5, 5.41) is 12.1. The normalized spacial score (nSPS) is 23.3. The SMILES string of the molecule is O=C(Cn1nnc(-c2cccc(F)c2)n1)N1CC[C@@H]2CCCC[C@@H]2C1. The average molecular weight is 343 g/mol. The van der Waals surface area contributed by atoms with Gasteiger partial charge in [0.25, 0.3) is 0 Å². The molecule has 2 atom stereocenters. The minimum atomic E-state index is -0.347. The number of hydrogen-bond acceptors (Lipinski definition) is 4. The van der Waals surface area contributed by atoms with Crippen LogP contribution < -0.4 is 0 Å². The van der Waals surface area contributed by atoms with Gasteiger partial charge < -0.3 is 4.90 Å². The Morgan fingerprint density at radius 2 is 2.04 bits per heavy atom. The van der Waals surface area contributed by atoms with Crippen molar-refractivity contribution in [2.45, 2.75) is 38.6 Å². The van der Waals surface area contributed by atoms with Crippen LogP contribution in [0.1, 0.15) is 32.1 Å². The number of piperidine rings is 1. The van der Waals surface area contributed by atoms with Gasteiger partial charge in [0.2, 0.25) is 11.7 Å². The molecule has 1 amide bonds. The van der Waals surface area contributed by atoms with Gasteiger partial charge in [0.05, 0.1) is 0 Å². The number of carbonyl (C=O) groups is 1. The first-order valence-corrected chi connectivity index (χ1v) is 9.00. The van der Waals surface area contributed by atoms with E-state index in [0.717, 1.165) is 25.4 Å². The lowest BCUT2D eigenvalue weighted by atomic mass is 9.75. The van der Waals surface area contributed by atoms with E-state index >= 15 is 0 Å². The molecular weight excluding hydrogens is 321 g/mol. The molecule has 2 fully saturated rings. The van der Waals surface area contributed by atoms with Crippen molar-refractivity contribution in [1.82, 2.24) is 25.1 Å². The number of tetrazole rings is 1. The van der Waals surface area contributed by atoms with Crippen molar-refractivity contribution in [2.24, 2.45) is 11.8 Å². The van der Waals surface area contributed by atoms with Gasteiger partial charge in [-0.05, 0) is 42.0 Å². The van der Waals surface area contributed by atoms with Crippen LogP contribution in [0.4, 0.5) is 4.39 Å². The van der Waals surface area contributed by atoms with Crippen molar-refractivity contribution < 1.29 is 9.18 Å². The van der Waals surface area contributed by atoms with Gasteiger partial charge in [-0.15, -0.1) is 10.2 Å². The van der Waals surface area contributed by atoms with Crippen LogP contribution in [-0.2, 0) is 11.3 Å². The Morgan fingerprint density at radius 1 is 1.20 bits per heavy atom. The molecule has 1 saturated carbocycles. The van der Waals surface area contributed by atoms with Crippen molar-refractivity contribution in [3.8, 4) is 11.4 Å². The standard InChI is InChI=1S/C18H22FN5O/c19-16-7-3-6-14(10-16)18-20-22-24(21-18)12-17(25)23-9-8-13-4-1-2-5-15(13)11-23/h3,6-7,10,13,15H,1-2,4-5,8-9,11-12H2/t13-,15+/m0/s1. The molecule has 1 aliphatic carbocycles. The smallest absolute Gasteiger partial charge is 0.246 e. The highest BCUT2D eigenvalue weighted by molar-refractivity contribution is 5.76. The summed E-state index contributed by atoms with van der Waals surface area (Å²) in [5.74, 6) is 1.46. The summed E-state index contributed by atoms with van der Waals surface area (Å²) in [4.78, 5) is 15.8. The van der Waals surface area contributed by atoms with E-state index in [9.17, 15) is 9.18 Å². The third-order valence-electron chi connectivity index (χ3n) is 5.46. The Labute approximate surface area is 146 Å². The van der Waals surface area contributed by atoms with Crippen molar-refractivity contribution in [3.63, 3.8) is 0 Å². The molecule has 1 aromatic heterocycles. The Bertz CT molecular complexity index is 761. The molecule has 7 heteroatoms. The maximum atomic E-state index is 13.3. The molecule has 0 bridgehead atoms. The summed E-state index contributed by atoms with van der Waals surface area (Å²) in [6.07, 6.45) is 6.27. The topological polar surface area (TPSA) is 63.9 Å². The fraction of sp³-hybridized carbons (Fsp3) is 0.556. The van der Waals surface area contributed by atoms with Gasteiger partial charge >= 0.3 is 0 Å². The molecule has 0 N–H and O–H groups in total. The monoisotopic (exact) mass is 343 g/mol. The highest BCUT2D eigenvalue weighted by atomic mass is 19.1. The summed E-state index contributed by atoms with van der Waals surface area (Å²) < 4.78 is 13.3. The summed E-state index contributed by atoms with van der Waals surface area (Å²) in [6, 6.07) is 6.05. The van der Waals surface area contributed by atoms with Crippen molar-refractivity contribution in [2.75, 3.05) is 13.1 Å². The number of aromatic nitrogens is 4. The zero-order valence-corrected chi connectivity index (χ0v) is 14.1. The van der Waals surface area contributed by atoms with Crippen LogP contribution >= 0.6 is 0 Å². The third kappa shape index (κ3) is 3.55. The van der Waals surface area contributed by atoms with Crippen LogP contribution in [0.25, 0.3) is 11.4 Å². The van der Waals surface area contributed by atoms with E-state index in [4.69, 9.17) is 0 Å². The fourth-order valence-electron chi connectivity index (χ4n) is 4.10. The van der Waals surface area contributed by atoms with Crippen LogP contribution in [0.5, 0.6) is 0 Å². The number of nitrogens with zero attached hydrogens (tertiary/aromatic N) is 5. The van der Waals surface area contributed by atoms with Gasteiger partial charge in [-0.25, -0.2) is 4.39 Å². The largest absolute Gasteiger partial charge is 0.341 e. The lowest BCUT2D eigenvalue weighted by molar-refractivity contribution is -0.135. The minimum Gasteiger partial charge on any atom is -0.341 e. The molecule has 6 nitrogen and oxygen atoms in total. The molecule has 2 aromatic rings. The quantitative estimate of drug-likeness (QED) is 0.859. The molecule has 25 heavy (non-hydrogen) atoms. The molecular formula is C18H22FN5O. The van der Waals surface area contributed by atoms with Crippen molar-refractivity contribution in [3.05, 3.63) is 30.1 Å². The fourth-order valence-corrected chi connectivity index (χ4v) is 4.10. The van der Waals surface area contributed by atoms with E-state index in [1.807, 2.05) is 4.90 Å². The lowest BCUT2D eigenvalue weighted by Crippen LogP contribution is -2.46. The van der Waals surface area contributed by atoms with Crippen molar-refractivity contribution >= 4 is 5.91 Å². The Kier molecular flexibility index (Phi) is 4.46. The highest BCUT2D eigenvalue weighted by Gasteiger charge is 2.33. The van der Waals surface area contributed by atoms with Crippen LogP contribution in [-0.4, -0.2) is 44.1 Å². The third-order valence-corrected chi connectivity index (χ3v) is 5.46. The molecule has 4 rings (SSSR count). The van der Waals surface area contributed by atoms with E-state index < -0.39 is 0 Å². The van der Waals surface area contributed by atoms with Gasteiger partial charge in [-0.2, -0.15) is 4.80 Å². The van der Waals surface area contributed by atoms with Gasteiger partial charge in [-0.3, -0.25) is 4.79 Å². The summed E-state index contributed by atoms with van der Waals surface area (Å²) in [5.41, 5.74) is 0.557. The van der Waals surface area contributed by atoms with E-state index in [1.54, 1.807) is 12.1 Å². The molecule has 132 valence electrons. The number of likely N-dealkylation sites (tertiary alicyclic amines) is 1. The maximum Gasteiger partial charge on any atom is 0.246 e. The van der Waals surface area contributed by atoms with Gasteiger partial charge in [0.15, 0.2) is 0 Å². The van der Waals surface area contributed by atoms with Crippen molar-refractivity contribution in [1.29, 1.82) is 0 Å². The zero-order chi connectivity index (χ0) is 17.2. The van der Waals surface area contributed by atoms with E-state index in [0.29, 0.717) is 17.3 Å². The van der Waals surface area contributed by atoms with Gasteiger partial charge in [-0.1, -0.05) is 31.4 Å². The minimum absolute atomic E-state index is 0.0345. The molecule has 1 saturated heterocycles. The molecule has 0 spiro atoms. The number of fused-ring (bicyclic) bond motifs is 1. The predicted octanol–water partition coefficient (Wildman–Crippen LogP) is 2.52. The Hall–Kier alpha value is -2.31. The summed E-state index contributed by atoms with van der Waals surface area (Å²) in [6.45, 7) is 1.76. The molecule has 1 aliphatic heterocycles. The van der Waals surface area contributed by atoms with Crippen LogP contribution in [0, 0.1) is 17.7 Å².